The first-order valence-electron chi connectivity index (χ1n) is 5.86. The molecule has 1 aliphatic rings. The molecule has 0 radical (unpaired) electrons. The SMILES string of the molecule is Nc1ccc2oc(-c3ccc4c(c3)OCO4)nc2c1. The van der Waals surface area contributed by atoms with Crippen molar-refractivity contribution in [3.8, 4) is 23.0 Å². The number of nitrogens with two attached hydrogens (primary N) is 1. The number of rotatable bonds is 1. The second kappa shape index (κ2) is 3.65. The first-order chi connectivity index (χ1) is 9.29. The minimum absolute atomic E-state index is 0.253. The molecular formula is C14H10N2O3. The van der Waals surface area contributed by atoms with Gasteiger partial charge < -0.3 is 19.6 Å². The molecule has 0 bridgehead atoms. The highest BCUT2D eigenvalue weighted by atomic mass is 16.7. The number of nitrogens with zero attached hydrogens (tertiary/aromatic N) is 1. The number of hydrogen-bond donors (Lipinski definition) is 1. The maximum absolute atomic E-state index is 5.73. The van der Waals surface area contributed by atoms with Crippen molar-refractivity contribution in [3.63, 3.8) is 0 Å². The van der Waals surface area contributed by atoms with Crippen LogP contribution in [0.5, 0.6) is 11.5 Å². The van der Waals surface area contributed by atoms with Crippen molar-refractivity contribution in [1.29, 1.82) is 0 Å². The quantitative estimate of drug-likeness (QED) is 0.676. The molecule has 5 heteroatoms. The number of benzene rings is 2. The fourth-order valence-corrected chi connectivity index (χ4v) is 2.10. The molecule has 5 nitrogen and oxygen atoms in total. The lowest BCUT2D eigenvalue weighted by molar-refractivity contribution is 0.174. The summed E-state index contributed by atoms with van der Waals surface area (Å²) in [7, 11) is 0. The van der Waals surface area contributed by atoms with Crippen LogP contribution in [0.4, 0.5) is 5.69 Å². The van der Waals surface area contributed by atoms with E-state index in [9.17, 15) is 0 Å². The van der Waals surface area contributed by atoms with E-state index in [2.05, 4.69) is 4.98 Å². The van der Waals surface area contributed by atoms with E-state index < -0.39 is 0 Å². The normalized spacial score (nSPS) is 13.1. The first-order valence-corrected chi connectivity index (χ1v) is 5.86. The van der Waals surface area contributed by atoms with Gasteiger partial charge in [-0.25, -0.2) is 4.98 Å². The first kappa shape index (κ1) is 10.3. The summed E-state index contributed by atoms with van der Waals surface area (Å²) in [5.41, 5.74) is 8.69. The van der Waals surface area contributed by atoms with Gasteiger partial charge in [0, 0.05) is 11.3 Å². The predicted molar refractivity (Wildman–Crippen MR) is 70.0 cm³/mol. The lowest BCUT2D eigenvalue weighted by atomic mass is 10.2. The third-order valence-electron chi connectivity index (χ3n) is 3.03. The summed E-state index contributed by atoms with van der Waals surface area (Å²) >= 11 is 0. The molecule has 0 saturated heterocycles. The summed E-state index contributed by atoms with van der Waals surface area (Å²) in [6, 6.07) is 11.0. The Morgan fingerprint density at radius 2 is 1.89 bits per heavy atom. The zero-order valence-electron chi connectivity index (χ0n) is 9.92. The summed E-state index contributed by atoms with van der Waals surface area (Å²) in [6.45, 7) is 0.253. The number of fused-ring (bicyclic) bond motifs is 2. The molecule has 19 heavy (non-hydrogen) atoms. The highest BCUT2D eigenvalue weighted by Gasteiger charge is 2.16. The van der Waals surface area contributed by atoms with Gasteiger partial charge in [-0.2, -0.15) is 0 Å². The largest absolute Gasteiger partial charge is 0.454 e. The third kappa shape index (κ3) is 1.59. The van der Waals surface area contributed by atoms with Crippen molar-refractivity contribution >= 4 is 16.8 Å². The van der Waals surface area contributed by atoms with Gasteiger partial charge in [-0.3, -0.25) is 0 Å². The van der Waals surface area contributed by atoms with Crippen LogP contribution in [0.3, 0.4) is 0 Å². The maximum atomic E-state index is 5.73. The van der Waals surface area contributed by atoms with Crippen molar-refractivity contribution in [2.75, 3.05) is 12.5 Å². The molecule has 94 valence electrons. The maximum Gasteiger partial charge on any atom is 0.231 e. The van der Waals surface area contributed by atoms with Crippen LogP contribution in [0, 0.1) is 0 Å². The average molecular weight is 254 g/mol. The molecule has 3 aromatic rings. The van der Waals surface area contributed by atoms with Crippen molar-refractivity contribution < 1.29 is 13.9 Å². The molecule has 0 amide bonds. The van der Waals surface area contributed by atoms with Crippen LogP contribution < -0.4 is 15.2 Å². The van der Waals surface area contributed by atoms with Crippen molar-refractivity contribution in [3.05, 3.63) is 36.4 Å². The number of hydrogen-bond acceptors (Lipinski definition) is 5. The van der Waals surface area contributed by atoms with Gasteiger partial charge in [0.05, 0.1) is 0 Å². The van der Waals surface area contributed by atoms with Crippen LogP contribution in [-0.2, 0) is 0 Å². The van der Waals surface area contributed by atoms with Gasteiger partial charge in [-0.1, -0.05) is 0 Å². The molecule has 2 aromatic carbocycles. The van der Waals surface area contributed by atoms with Crippen LogP contribution in [0.2, 0.25) is 0 Å². The highest BCUT2D eigenvalue weighted by molar-refractivity contribution is 5.79. The molecule has 0 aliphatic carbocycles. The molecular weight excluding hydrogens is 244 g/mol. The van der Waals surface area contributed by atoms with Gasteiger partial charge in [0.25, 0.3) is 0 Å². The average Bonchev–Trinajstić information content (AvgIpc) is 3.02. The Morgan fingerprint density at radius 3 is 2.84 bits per heavy atom. The summed E-state index contributed by atoms with van der Waals surface area (Å²) in [5.74, 6) is 1.99. The standard InChI is InChI=1S/C14H10N2O3/c15-9-2-4-11-10(6-9)16-14(19-11)8-1-3-12-13(5-8)18-7-17-12/h1-6H,7,15H2. The fraction of sp³-hybridized carbons (Fsp3) is 0.0714. The third-order valence-corrected chi connectivity index (χ3v) is 3.03. The van der Waals surface area contributed by atoms with Crippen molar-refractivity contribution in [1.82, 2.24) is 4.98 Å². The van der Waals surface area contributed by atoms with E-state index in [1.807, 2.05) is 24.3 Å². The van der Waals surface area contributed by atoms with Gasteiger partial charge in [-0.15, -0.1) is 0 Å². The van der Waals surface area contributed by atoms with E-state index in [4.69, 9.17) is 19.6 Å². The zero-order valence-corrected chi connectivity index (χ0v) is 9.92. The summed E-state index contributed by atoms with van der Waals surface area (Å²) in [5, 5.41) is 0. The summed E-state index contributed by atoms with van der Waals surface area (Å²) in [6.07, 6.45) is 0. The Kier molecular flexibility index (Phi) is 1.97. The molecule has 0 unspecified atom stereocenters. The number of nitrogen functional groups attached to an aromatic ring is 1. The molecule has 0 spiro atoms. The van der Waals surface area contributed by atoms with Crippen molar-refractivity contribution in [2.45, 2.75) is 0 Å². The van der Waals surface area contributed by atoms with Crippen LogP contribution in [0.25, 0.3) is 22.6 Å². The Hall–Kier alpha value is -2.69. The molecule has 2 N–H and O–H groups in total. The Morgan fingerprint density at radius 1 is 1.00 bits per heavy atom. The van der Waals surface area contributed by atoms with E-state index in [0.29, 0.717) is 22.9 Å². The van der Waals surface area contributed by atoms with Crippen LogP contribution in [-0.4, -0.2) is 11.8 Å². The number of aromatic nitrogens is 1. The molecule has 1 aliphatic heterocycles. The molecule has 0 saturated carbocycles. The molecule has 0 atom stereocenters. The topological polar surface area (TPSA) is 70.5 Å². The van der Waals surface area contributed by atoms with Crippen LogP contribution in [0.15, 0.2) is 40.8 Å². The van der Waals surface area contributed by atoms with Gasteiger partial charge in [0.15, 0.2) is 17.1 Å². The van der Waals surface area contributed by atoms with E-state index in [1.165, 1.54) is 0 Å². The fourth-order valence-electron chi connectivity index (χ4n) is 2.10. The Labute approximate surface area is 108 Å². The van der Waals surface area contributed by atoms with E-state index >= 15 is 0 Å². The summed E-state index contributed by atoms with van der Waals surface area (Å²) < 4.78 is 16.3. The lowest BCUT2D eigenvalue weighted by Crippen LogP contribution is -1.92. The number of oxazole rings is 1. The number of anilines is 1. The van der Waals surface area contributed by atoms with Crippen LogP contribution in [0.1, 0.15) is 0 Å². The van der Waals surface area contributed by atoms with E-state index in [-0.39, 0.29) is 6.79 Å². The Balaban J connectivity index is 1.85. The zero-order chi connectivity index (χ0) is 12.8. The monoisotopic (exact) mass is 254 g/mol. The molecule has 4 rings (SSSR count). The van der Waals surface area contributed by atoms with Gasteiger partial charge in [-0.05, 0) is 36.4 Å². The second-order valence-electron chi connectivity index (χ2n) is 4.31. The van der Waals surface area contributed by atoms with Crippen molar-refractivity contribution in [2.24, 2.45) is 0 Å². The highest BCUT2D eigenvalue weighted by Crippen LogP contribution is 2.36. The van der Waals surface area contributed by atoms with Gasteiger partial charge in [0.2, 0.25) is 12.7 Å². The summed E-state index contributed by atoms with van der Waals surface area (Å²) in [4.78, 5) is 4.43. The molecule has 0 fully saturated rings. The minimum Gasteiger partial charge on any atom is -0.454 e. The van der Waals surface area contributed by atoms with Gasteiger partial charge >= 0.3 is 0 Å². The second-order valence-corrected chi connectivity index (χ2v) is 4.31. The van der Waals surface area contributed by atoms with E-state index in [0.717, 1.165) is 16.8 Å². The smallest absolute Gasteiger partial charge is 0.231 e. The van der Waals surface area contributed by atoms with E-state index in [1.54, 1.807) is 12.1 Å². The number of ether oxygens (including phenoxy) is 2. The Bertz CT molecular complexity index is 779. The minimum atomic E-state index is 0.253. The predicted octanol–water partition coefficient (Wildman–Crippen LogP) is 2.81. The van der Waals surface area contributed by atoms with Crippen LogP contribution >= 0.6 is 0 Å². The lowest BCUT2D eigenvalue weighted by Gasteiger charge is -1.98. The molecule has 1 aromatic heterocycles. The van der Waals surface area contributed by atoms with Gasteiger partial charge in [0.1, 0.15) is 5.52 Å². The molecule has 2 heterocycles.